The highest BCUT2D eigenvalue weighted by Gasteiger charge is 2.23. The van der Waals surface area contributed by atoms with Gasteiger partial charge in [0.15, 0.2) is 11.2 Å². The lowest BCUT2D eigenvalue weighted by atomic mass is 9.83. The molecule has 0 spiro atoms. The Morgan fingerprint density at radius 2 is 0.828 bits per heavy atom. The van der Waals surface area contributed by atoms with Crippen LogP contribution in [-0.4, -0.2) is 30.1 Å². The van der Waals surface area contributed by atoms with Crippen LogP contribution in [0.15, 0.2) is 143 Å². The number of hydrogen-bond acceptors (Lipinski definition) is 8. The molecule has 8 nitrogen and oxygen atoms in total. The lowest BCUT2D eigenvalue weighted by Gasteiger charge is -2.22. The minimum Gasteiger partial charge on any atom is -0.507 e. The second kappa shape index (κ2) is 13.8. The smallest absolute Gasteiger partial charge is 0.231 e. The molecule has 58 heavy (non-hydrogen) atoms. The molecule has 9 rings (SSSR count). The molecule has 0 atom stereocenters. The van der Waals surface area contributed by atoms with Gasteiger partial charge in [0.05, 0.1) is 22.5 Å². The van der Waals surface area contributed by atoms with Crippen molar-refractivity contribution in [3.05, 3.63) is 145 Å². The van der Waals surface area contributed by atoms with Crippen molar-refractivity contribution in [3.8, 4) is 79.2 Å². The number of aromatic nitrogens is 4. The van der Waals surface area contributed by atoms with Gasteiger partial charge in [-0.25, -0.2) is 19.9 Å². The van der Waals surface area contributed by atoms with Crippen LogP contribution in [0.25, 0.3) is 89.9 Å². The van der Waals surface area contributed by atoms with Crippen molar-refractivity contribution < 1.29 is 19.0 Å². The molecule has 0 radical (unpaired) electrons. The van der Waals surface area contributed by atoms with Crippen LogP contribution in [0.4, 0.5) is 0 Å². The molecule has 9 aromatic rings. The van der Waals surface area contributed by atoms with Gasteiger partial charge in [0.1, 0.15) is 28.9 Å². The topological polar surface area (TPSA) is 118 Å². The van der Waals surface area contributed by atoms with Gasteiger partial charge in [-0.15, -0.1) is 0 Å². The Labute approximate surface area is 336 Å². The van der Waals surface area contributed by atoms with Gasteiger partial charge in [-0.05, 0) is 99.8 Å². The van der Waals surface area contributed by atoms with E-state index in [1.54, 1.807) is 42.7 Å². The van der Waals surface area contributed by atoms with Crippen LogP contribution in [0.2, 0.25) is 0 Å². The van der Waals surface area contributed by atoms with Crippen molar-refractivity contribution in [1.82, 2.24) is 19.9 Å². The molecule has 8 heteroatoms. The number of oxazole rings is 2. The summed E-state index contributed by atoms with van der Waals surface area (Å²) in [6.45, 7) is 13.2. The van der Waals surface area contributed by atoms with E-state index in [2.05, 4.69) is 96.1 Å². The molecule has 0 aliphatic heterocycles. The van der Waals surface area contributed by atoms with Crippen molar-refractivity contribution in [1.29, 1.82) is 0 Å². The molecule has 0 aliphatic carbocycles. The lowest BCUT2D eigenvalue weighted by Crippen LogP contribution is -2.11. The maximum Gasteiger partial charge on any atom is 0.231 e. The molecule has 0 amide bonds. The number of aromatic hydroxyl groups is 2. The maximum absolute atomic E-state index is 10.6. The second-order valence-electron chi connectivity index (χ2n) is 16.8. The Hall–Kier alpha value is -7.06. The number of rotatable bonds is 6. The summed E-state index contributed by atoms with van der Waals surface area (Å²) < 4.78 is 12.4. The average molecular weight is 763 g/mol. The van der Waals surface area contributed by atoms with Crippen molar-refractivity contribution in [3.63, 3.8) is 0 Å². The first kappa shape index (κ1) is 36.6. The Morgan fingerprint density at radius 1 is 0.431 bits per heavy atom. The third-order valence-electron chi connectivity index (χ3n) is 10.6. The van der Waals surface area contributed by atoms with Gasteiger partial charge in [-0.1, -0.05) is 102 Å². The van der Waals surface area contributed by atoms with E-state index in [4.69, 9.17) is 28.8 Å². The summed E-state index contributed by atoms with van der Waals surface area (Å²) in [5.41, 5.74) is 13.0. The van der Waals surface area contributed by atoms with Crippen molar-refractivity contribution >= 4 is 22.2 Å². The van der Waals surface area contributed by atoms with E-state index >= 15 is 0 Å². The Kier molecular flexibility index (Phi) is 8.73. The molecule has 6 aromatic carbocycles. The van der Waals surface area contributed by atoms with E-state index in [1.165, 1.54) is 0 Å². The first-order chi connectivity index (χ1) is 27.8. The monoisotopic (exact) mass is 762 g/mol. The zero-order valence-corrected chi connectivity index (χ0v) is 33.2. The molecule has 0 aliphatic rings. The molecule has 0 unspecified atom stereocenters. The van der Waals surface area contributed by atoms with Crippen LogP contribution in [-0.2, 0) is 10.8 Å². The maximum atomic E-state index is 10.6. The summed E-state index contributed by atoms with van der Waals surface area (Å²) in [7, 11) is 0. The van der Waals surface area contributed by atoms with Crippen LogP contribution < -0.4 is 0 Å². The van der Waals surface area contributed by atoms with Crippen molar-refractivity contribution in [2.75, 3.05) is 0 Å². The third kappa shape index (κ3) is 6.77. The zero-order valence-electron chi connectivity index (χ0n) is 33.2. The highest BCUT2D eigenvalue weighted by molar-refractivity contribution is 5.95. The molecule has 286 valence electrons. The summed E-state index contributed by atoms with van der Waals surface area (Å²) in [4.78, 5) is 19.4. The predicted molar refractivity (Wildman–Crippen MR) is 231 cm³/mol. The average Bonchev–Trinajstić information content (AvgIpc) is 3.85. The number of fused-ring (bicyclic) bond motifs is 2. The molecular formula is C50H42N4O4. The standard InChI is InChI=1S/C50H42N4O4/c1-49(2,3)33-23-29(35-15-11-19-43-45(35)53-47(57-43)37-13-7-9-17-41(37)55)21-31(25-33)39-27-40(52-28-51-39)32-22-30(24-34(26-32)50(4,5)6)36-16-12-20-44-46(36)54-48(58-44)38-14-8-10-18-42(38)56/h7-28,55-56H,1-6H3. The minimum absolute atomic E-state index is 0.112. The van der Waals surface area contributed by atoms with E-state index in [1.807, 2.05) is 36.4 Å². The normalized spacial score (nSPS) is 12.1. The van der Waals surface area contributed by atoms with Gasteiger partial charge in [-0.3, -0.25) is 0 Å². The van der Waals surface area contributed by atoms with Crippen LogP contribution in [0.1, 0.15) is 52.7 Å². The van der Waals surface area contributed by atoms with Gasteiger partial charge in [0, 0.05) is 22.3 Å². The minimum atomic E-state index is -0.170. The van der Waals surface area contributed by atoms with Crippen molar-refractivity contribution in [2.24, 2.45) is 0 Å². The van der Waals surface area contributed by atoms with Crippen LogP contribution in [0.3, 0.4) is 0 Å². The predicted octanol–water partition coefficient (Wildman–Crippen LogP) is 12.8. The number of para-hydroxylation sites is 4. The fraction of sp³-hybridized carbons (Fsp3) is 0.160. The quantitative estimate of drug-likeness (QED) is 0.172. The Bertz CT molecular complexity index is 2820. The van der Waals surface area contributed by atoms with E-state index in [9.17, 15) is 10.2 Å². The molecule has 3 aromatic heterocycles. The van der Waals surface area contributed by atoms with E-state index in [0.29, 0.717) is 45.1 Å². The second-order valence-corrected chi connectivity index (χ2v) is 16.8. The Balaban J connectivity index is 1.16. The molecule has 0 fully saturated rings. The highest BCUT2D eigenvalue weighted by Crippen LogP contribution is 2.41. The van der Waals surface area contributed by atoms with Gasteiger partial charge in [-0.2, -0.15) is 0 Å². The van der Waals surface area contributed by atoms with Gasteiger partial charge in [0.25, 0.3) is 0 Å². The van der Waals surface area contributed by atoms with Gasteiger partial charge < -0.3 is 19.0 Å². The summed E-state index contributed by atoms with van der Waals surface area (Å²) in [5.74, 6) is 0.948. The first-order valence-corrected chi connectivity index (χ1v) is 19.3. The van der Waals surface area contributed by atoms with E-state index in [0.717, 1.165) is 55.9 Å². The van der Waals surface area contributed by atoms with Crippen molar-refractivity contribution in [2.45, 2.75) is 52.4 Å². The van der Waals surface area contributed by atoms with Gasteiger partial charge in [0.2, 0.25) is 11.8 Å². The zero-order chi connectivity index (χ0) is 40.3. The number of phenols is 2. The van der Waals surface area contributed by atoms with Crippen LogP contribution in [0.5, 0.6) is 11.5 Å². The van der Waals surface area contributed by atoms with E-state index in [-0.39, 0.29) is 22.3 Å². The van der Waals surface area contributed by atoms with E-state index < -0.39 is 0 Å². The molecular weight excluding hydrogens is 721 g/mol. The third-order valence-corrected chi connectivity index (χ3v) is 10.6. The molecule has 2 N–H and O–H groups in total. The molecule has 0 saturated carbocycles. The SMILES string of the molecule is CC(C)(C)c1cc(-c2cc(-c3cc(-c4cccc5oc(-c6ccccc6O)nc45)cc(C(C)(C)C)c3)ncn2)cc(-c2cccc3oc(-c4ccccc4O)nc23)c1. The summed E-state index contributed by atoms with van der Waals surface area (Å²) in [6, 6.07) is 41.1. The number of benzene rings is 6. The number of hydrogen-bond donors (Lipinski definition) is 2. The number of nitrogens with zero attached hydrogens (tertiary/aromatic N) is 4. The fourth-order valence-corrected chi connectivity index (χ4v) is 7.30. The van der Waals surface area contributed by atoms with Crippen LogP contribution >= 0.6 is 0 Å². The molecule has 0 saturated heterocycles. The largest absolute Gasteiger partial charge is 0.507 e. The molecule has 0 bridgehead atoms. The van der Waals surface area contributed by atoms with Crippen LogP contribution in [0, 0.1) is 0 Å². The number of phenolic OH excluding ortho intramolecular Hbond substituents is 2. The summed E-state index contributed by atoms with van der Waals surface area (Å²) in [6.07, 6.45) is 1.63. The lowest BCUT2D eigenvalue weighted by molar-refractivity contribution is 0.473. The first-order valence-electron chi connectivity index (χ1n) is 19.3. The summed E-state index contributed by atoms with van der Waals surface area (Å²) in [5, 5.41) is 21.1. The summed E-state index contributed by atoms with van der Waals surface area (Å²) >= 11 is 0. The molecule has 3 heterocycles. The fourth-order valence-electron chi connectivity index (χ4n) is 7.30. The highest BCUT2D eigenvalue weighted by atomic mass is 16.4. The Morgan fingerprint density at radius 3 is 1.24 bits per heavy atom. The van der Waals surface area contributed by atoms with Gasteiger partial charge >= 0.3 is 0 Å².